The molecule has 2 aromatic rings. The number of aromatic nitrogens is 1. The van der Waals surface area contributed by atoms with E-state index in [1.165, 1.54) is 23.9 Å². The Kier molecular flexibility index (Phi) is 6.73. The summed E-state index contributed by atoms with van der Waals surface area (Å²) in [7, 11) is 1.62. The Balaban J connectivity index is 1.79. The number of nitrogens with zero attached hydrogens (tertiary/aromatic N) is 2. The molecule has 1 aromatic carbocycles. The van der Waals surface area contributed by atoms with Crippen LogP contribution in [0.1, 0.15) is 43.7 Å². The van der Waals surface area contributed by atoms with Crippen molar-refractivity contribution in [1.29, 1.82) is 0 Å². The smallest absolute Gasteiger partial charge is 0.219 e. The lowest BCUT2D eigenvalue weighted by Gasteiger charge is -2.33. The predicted molar refractivity (Wildman–Crippen MR) is 114 cm³/mol. The number of carbonyl (C=O) groups is 2. The third kappa shape index (κ3) is 4.38. The van der Waals surface area contributed by atoms with Gasteiger partial charge in [0.2, 0.25) is 5.91 Å². The Morgan fingerprint density at radius 3 is 2.75 bits per heavy atom. The van der Waals surface area contributed by atoms with Crippen LogP contribution in [0.2, 0.25) is 0 Å². The Labute approximate surface area is 167 Å². The summed E-state index contributed by atoms with van der Waals surface area (Å²) < 4.78 is 2.01. The van der Waals surface area contributed by atoms with Crippen molar-refractivity contribution in [2.24, 2.45) is 11.7 Å². The number of hydrogen-bond acceptors (Lipinski definition) is 4. The zero-order valence-corrected chi connectivity index (χ0v) is 17.0. The number of piperidine rings is 1. The van der Waals surface area contributed by atoms with Gasteiger partial charge in [-0.15, -0.1) is 0 Å². The molecule has 1 aromatic heterocycles. The summed E-state index contributed by atoms with van der Waals surface area (Å²) in [6.45, 7) is 5.00. The molecular formula is C22H32N4O2. The third-order valence-electron chi connectivity index (χ3n) is 6.03. The molecule has 3 rings (SSSR count). The average Bonchev–Trinajstić information content (AvgIpc) is 3.05. The minimum atomic E-state index is -0.327. The highest BCUT2D eigenvalue weighted by Crippen LogP contribution is 2.31. The van der Waals surface area contributed by atoms with E-state index in [1.807, 2.05) is 10.8 Å². The molecule has 2 heterocycles. The van der Waals surface area contributed by atoms with Crippen LogP contribution in [0.15, 0.2) is 24.4 Å². The largest absolute Gasteiger partial charge is 0.371 e. The van der Waals surface area contributed by atoms with Gasteiger partial charge in [-0.25, -0.2) is 0 Å². The maximum absolute atomic E-state index is 11.7. The van der Waals surface area contributed by atoms with Crippen LogP contribution in [0, 0.1) is 12.8 Å². The fourth-order valence-corrected chi connectivity index (χ4v) is 4.28. The molecule has 0 radical (unpaired) electrons. The Bertz CT molecular complexity index is 821. The van der Waals surface area contributed by atoms with Crippen LogP contribution in [0.3, 0.4) is 0 Å². The lowest BCUT2D eigenvalue weighted by Crippen LogP contribution is -2.34. The van der Waals surface area contributed by atoms with Crippen LogP contribution in [-0.4, -0.2) is 43.4 Å². The molecule has 0 spiro atoms. The zero-order valence-electron chi connectivity index (χ0n) is 17.0. The van der Waals surface area contributed by atoms with Crippen LogP contribution in [0.5, 0.6) is 0 Å². The van der Waals surface area contributed by atoms with Crippen molar-refractivity contribution in [3.8, 4) is 0 Å². The standard InChI is InChI=1S/C22H32N4O2/c1-16-14-26(19(15-27)4-6-22(28)24-2)21-5-3-18(13-20(16)21)25-11-8-17(7-10-23)9-12-25/h3,5,13-15,17,19H,4,6-12,23H2,1-2H3,(H,24,28). The molecular weight excluding hydrogens is 352 g/mol. The van der Waals surface area contributed by atoms with Crippen molar-refractivity contribution in [2.75, 3.05) is 31.6 Å². The molecule has 152 valence electrons. The molecule has 1 unspecified atom stereocenters. The maximum atomic E-state index is 11.7. The van der Waals surface area contributed by atoms with Crippen LogP contribution in [-0.2, 0) is 9.59 Å². The van der Waals surface area contributed by atoms with Crippen molar-refractivity contribution in [1.82, 2.24) is 9.88 Å². The Hall–Kier alpha value is -2.34. The van der Waals surface area contributed by atoms with E-state index in [2.05, 4.69) is 35.3 Å². The van der Waals surface area contributed by atoms with E-state index in [0.717, 1.165) is 49.3 Å². The number of nitrogens with one attached hydrogen (secondary N) is 1. The van der Waals surface area contributed by atoms with Crippen LogP contribution in [0.25, 0.3) is 10.9 Å². The molecule has 6 heteroatoms. The van der Waals surface area contributed by atoms with E-state index in [9.17, 15) is 9.59 Å². The second-order valence-electron chi connectivity index (χ2n) is 7.84. The van der Waals surface area contributed by atoms with E-state index < -0.39 is 0 Å². The molecule has 1 saturated heterocycles. The Morgan fingerprint density at radius 2 is 2.11 bits per heavy atom. The van der Waals surface area contributed by atoms with Crippen LogP contribution < -0.4 is 16.0 Å². The molecule has 6 nitrogen and oxygen atoms in total. The highest BCUT2D eigenvalue weighted by Gasteiger charge is 2.20. The number of hydrogen-bond donors (Lipinski definition) is 2. The van der Waals surface area contributed by atoms with E-state index in [1.54, 1.807) is 7.05 Å². The number of aryl methyl sites for hydroxylation is 1. The molecule has 1 aliphatic heterocycles. The molecule has 1 atom stereocenters. The van der Waals surface area contributed by atoms with E-state index in [4.69, 9.17) is 5.73 Å². The fourth-order valence-electron chi connectivity index (χ4n) is 4.28. The van der Waals surface area contributed by atoms with Gasteiger partial charge in [-0.1, -0.05) is 0 Å². The first-order chi connectivity index (χ1) is 13.6. The SMILES string of the molecule is CNC(=O)CCC(C=O)n1cc(C)c2cc(N3CCC(CCN)CC3)ccc21. The molecule has 1 fully saturated rings. The number of nitrogens with two attached hydrogens (primary N) is 1. The van der Waals surface area contributed by atoms with Gasteiger partial charge in [0.1, 0.15) is 6.29 Å². The number of amides is 1. The number of carbonyl (C=O) groups excluding carboxylic acids is 2. The normalized spacial score (nSPS) is 16.3. The van der Waals surface area contributed by atoms with E-state index in [0.29, 0.717) is 12.8 Å². The summed E-state index contributed by atoms with van der Waals surface area (Å²) >= 11 is 0. The predicted octanol–water partition coefficient (Wildman–Crippen LogP) is 2.78. The van der Waals surface area contributed by atoms with Gasteiger partial charge >= 0.3 is 0 Å². The van der Waals surface area contributed by atoms with Gasteiger partial charge in [0.15, 0.2) is 0 Å². The number of fused-ring (bicyclic) bond motifs is 1. The number of benzene rings is 1. The molecule has 0 saturated carbocycles. The van der Waals surface area contributed by atoms with Crippen LogP contribution in [0.4, 0.5) is 5.69 Å². The highest BCUT2D eigenvalue weighted by atomic mass is 16.1. The van der Waals surface area contributed by atoms with Crippen LogP contribution >= 0.6 is 0 Å². The van der Waals surface area contributed by atoms with Gasteiger partial charge in [0.25, 0.3) is 0 Å². The summed E-state index contributed by atoms with van der Waals surface area (Å²) in [6.07, 6.45) is 7.34. The fraction of sp³-hybridized carbons (Fsp3) is 0.545. The van der Waals surface area contributed by atoms with Crippen molar-refractivity contribution >= 4 is 28.8 Å². The van der Waals surface area contributed by atoms with Crippen molar-refractivity contribution in [3.63, 3.8) is 0 Å². The topological polar surface area (TPSA) is 80.4 Å². The van der Waals surface area contributed by atoms with Crippen molar-refractivity contribution in [3.05, 3.63) is 30.0 Å². The number of rotatable bonds is 8. The quantitative estimate of drug-likeness (QED) is 0.686. The van der Waals surface area contributed by atoms with E-state index >= 15 is 0 Å². The minimum Gasteiger partial charge on any atom is -0.371 e. The average molecular weight is 385 g/mol. The van der Waals surface area contributed by atoms with Gasteiger partial charge in [-0.3, -0.25) is 4.79 Å². The summed E-state index contributed by atoms with van der Waals surface area (Å²) in [6, 6.07) is 6.18. The van der Waals surface area contributed by atoms with Crippen molar-refractivity contribution < 1.29 is 9.59 Å². The molecule has 0 aliphatic carbocycles. The minimum absolute atomic E-state index is 0.0413. The monoisotopic (exact) mass is 384 g/mol. The summed E-state index contributed by atoms with van der Waals surface area (Å²) in [5, 5.41) is 3.79. The second-order valence-corrected chi connectivity index (χ2v) is 7.84. The van der Waals surface area contributed by atoms with Gasteiger partial charge in [0, 0.05) is 49.3 Å². The molecule has 1 amide bonds. The third-order valence-corrected chi connectivity index (χ3v) is 6.03. The highest BCUT2D eigenvalue weighted by molar-refractivity contribution is 5.88. The number of aldehydes is 1. The first-order valence-electron chi connectivity index (χ1n) is 10.3. The Morgan fingerprint density at radius 1 is 1.36 bits per heavy atom. The van der Waals surface area contributed by atoms with Gasteiger partial charge in [0.05, 0.1) is 6.04 Å². The maximum Gasteiger partial charge on any atom is 0.219 e. The zero-order chi connectivity index (χ0) is 20.1. The molecule has 3 N–H and O–H groups in total. The molecule has 1 aliphatic rings. The lowest BCUT2D eigenvalue weighted by atomic mass is 9.93. The molecule has 28 heavy (non-hydrogen) atoms. The van der Waals surface area contributed by atoms with Crippen molar-refractivity contribution in [2.45, 2.75) is 45.1 Å². The van der Waals surface area contributed by atoms with Gasteiger partial charge in [-0.05, 0) is 68.8 Å². The van der Waals surface area contributed by atoms with Gasteiger partial charge < -0.3 is 25.3 Å². The van der Waals surface area contributed by atoms with Gasteiger partial charge in [-0.2, -0.15) is 0 Å². The lowest BCUT2D eigenvalue weighted by molar-refractivity contribution is -0.121. The van der Waals surface area contributed by atoms with E-state index in [-0.39, 0.29) is 11.9 Å². The summed E-state index contributed by atoms with van der Waals surface area (Å²) in [4.78, 5) is 25.7. The second kappa shape index (κ2) is 9.24. The summed E-state index contributed by atoms with van der Waals surface area (Å²) in [5.74, 6) is 0.710. The molecule has 0 bridgehead atoms. The first-order valence-corrected chi connectivity index (χ1v) is 10.3. The summed E-state index contributed by atoms with van der Waals surface area (Å²) in [5.41, 5.74) is 9.15. The number of anilines is 1. The first kappa shape index (κ1) is 20.4.